The van der Waals surface area contributed by atoms with E-state index in [9.17, 15) is 8.78 Å². The Kier molecular flexibility index (Phi) is 6.00. The summed E-state index contributed by atoms with van der Waals surface area (Å²) in [6, 6.07) is 0. The summed E-state index contributed by atoms with van der Waals surface area (Å²) in [7, 11) is 0. The Bertz CT molecular complexity index is 226. The standard InChI is InChI=1S/C7H15ClF2NOPS/c1-4-11(5-2)13(3,14)12-7(9,10)6-8/h4-6H2,1-3H3. The van der Waals surface area contributed by atoms with E-state index in [4.69, 9.17) is 23.4 Å². The maximum absolute atomic E-state index is 12.9. The van der Waals surface area contributed by atoms with Gasteiger partial charge < -0.3 is 0 Å². The third-order valence-electron chi connectivity index (χ3n) is 1.70. The molecule has 0 rings (SSSR count). The lowest BCUT2D eigenvalue weighted by Gasteiger charge is -2.32. The lowest BCUT2D eigenvalue weighted by atomic mass is 10.7. The molecular formula is C7H15ClF2NOPS. The molecule has 0 fully saturated rings. The van der Waals surface area contributed by atoms with Crippen molar-refractivity contribution < 1.29 is 13.3 Å². The molecule has 0 bridgehead atoms. The van der Waals surface area contributed by atoms with E-state index in [-0.39, 0.29) is 0 Å². The lowest BCUT2D eigenvalue weighted by molar-refractivity contribution is -0.153. The van der Waals surface area contributed by atoms with Crippen molar-refractivity contribution in [1.29, 1.82) is 0 Å². The normalized spacial score (nSPS) is 17.1. The minimum absolute atomic E-state index is 0.600. The van der Waals surface area contributed by atoms with E-state index >= 15 is 0 Å². The highest BCUT2D eigenvalue weighted by Crippen LogP contribution is 2.51. The van der Waals surface area contributed by atoms with Crippen LogP contribution >= 0.6 is 18.0 Å². The molecule has 0 N–H and O–H groups in total. The molecule has 0 heterocycles. The van der Waals surface area contributed by atoms with Crippen LogP contribution in [0.1, 0.15) is 13.8 Å². The molecule has 2 nitrogen and oxygen atoms in total. The van der Waals surface area contributed by atoms with E-state index in [1.165, 1.54) is 6.66 Å². The molecule has 1 unspecified atom stereocenters. The third kappa shape index (κ3) is 4.49. The largest absolute Gasteiger partial charge is 0.373 e. The number of rotatable bonds is 6. The fourth-order valence-corrected chi connectivity index (χ4v) is 3.92. The maximum atomic E-state index is 12.9. The molecule has 0 amide bonds. The van der Waals surface area contributed by atoms with Gasteiger partial charge in [-0.3, -0.25) is 9.19 Å². The Labute approximate surface area is 93.7 Å². The summed E-state index contributed by atoms with van der Waals surface area (Å²) in [5.41, 5.74) is 0. The molecule has 0 aromatic rings. The molecule has 14 heavy (non-hydrogen) atoms. The van der Waals surface area contributed by atoms with Gasteiger partial charge in [-0.05, 0) is 0 Å². The molecule has 0 radical (unpaired) electrons. The zero-order valence-electron chi connectivity index (χ0n) is 8.47. The lowest BCUT2D eigenvalue weighted by Crippen LogP contribution is -2.28. The van der Waals surface area contributed by atoms with E-state index in [0.29, 0.717) is 13.1 Å². The summed E-state index contributed by atoms with van der Waals surface area (Å²) < 4.78 is 32.1. The second kappa shape index (κ2) is 5.71. The summed E-state index contributed by atoms with van der Waals surface area (Å²) in [5, 5.41) is 0. The highest BCUT2D eigenvalue weighted by Gasteiger charge is 2.36. The summed E-state index contributed by atoms with van der Waals surface area (Å²) in [5.74, 6) is -0.861. The Morgan fingerprint density at radius 2 is 1.86 bits per heavy atom. The van der Waals surface area contributed by atoms with Crippen molar-refractivity contribution in [3.8, 4) is 0 Å². The Morgan fingerprint density at radius 3 is 2.14 bits per heavy atom. The van der Waals surface area contributed by atoms with Crippen LogP contribution in [0.3, 0.4) is 0 Å². The average molecular weight is 266 g/mol. The third-order valence-corrected chi connectivity index (χ3v) is 5.13. The molecule has 86 valence electrons. The van der Waals surface area contributed by atoms with Gasteiger partial charge in [0.05, 0.1) is 0 Å². The number of alkyl halides is 3. The summed E-state index contributed by atoms with van der Waals surface area (Å²) in [4.78, 5) is 0. The first-order valence-corrected chi connectivity index (χ1v) is 7.92. The first-order valence-electron chi connectivity index (χ1n) is 4.26. The van der Waals surface area contributed by atoms with Crippen molar-refractivity contribution in [1.82, 2.24) is 4.67 Å². The number of hydrogen-bond acceptors (Lipinski definition) is 2. The SMILES string of the molecule is CCN(CC)P(C)(=S)OC(F)(F)CCl. The van der Waals surface area contributed by atoms with Crippen LogP contribution in [0.15, 0.2) is 0 Å². The maximum Gasteiger partial charge on any atom is 0.373 e. The van der Waals surface area contributed by atoms with Crippen LogP contribution in [0.2, 0.25) is 0 Å². The van der Waals surface area contributed by atoms with Crippen molar-refractivity contribution in [2.75, 3.05) is 25.6 Å². The molecule has 0 saturated carbocycles. The average Bonchev–Trinajstić information content (AvgIpc) is 2.04. The molecule has 0 aliphatic carbocycles. The predicted molar refractivity (Wildman–Crippen MR) is 59.9 cm³/mol. The van der Waals surface area contributed by atoms with Gasteiger partial charge in [0.1, 0.15) is 12.3 Å². The molecule has 0 spiro atoms. The molecular weight excluding hydrogens is 251 g/mol. The zero-order valence-corrected chi connectivity index (χ0v) is 10.9. The van der Waals surface area contributed by atoms with Gasteiger partial charge in [-0.15, -0.1) is 11.6 Å². The van der Waals surface area contributed by atoms with Crippen LogP contribution in [-0.4, -0.2) is 36.4 Å². The Morgan fingerprint density at radius 1 is 1.43 bits per heavy atom. The van der Waals surface area contributed by atoms with Crippen molar-refractivity contribution in [3.63, 3.8) is 0 Å². The van der Waals surface area contributed by atoms with Crippen LogP contribution in [-0.2, 0) is 16.3 Å². The highest BCUT2D eigenvalue weighted by atomic mass is 35.5. The quantitative estimate of drug-likeness (QED) is 0.541. The molecule has 0 aliphatic rings. The fraction of sp³-hybridized carbons (Fsp3) is 1.00. The Balaban J connectivity index is 4.55. The van der Waals surface area contributed by atoms with Crippen LogP contribution in [0.5, 0.6) is 0 Å². The number of halogens is 3. The van der Waals surface area contributed by atoms with E-state index in [1.807, 2.05) is 13.8 Å². The van der Waals surface area contributed by atoms with E-state index in [0.717, 1.165) is 0 Å². The number of nitrogens with zero attached hydrogens (tertiary/aromatic N) is 1. The second-order valence-electron chi connectivity index (χ2n) is 2.80. The first-order chi connectivity index (χ1) is 6.29. The highest BCUT2D eigenvalue weighted by molar-refractivity contribution is 8.10. The molecule has 1 atom stereocenters. The van der Waals surface area contributed by atoms with Crippen molar-refractivity contribution >= 4 is 29.8 Å². The summed E-state index contributed by atoms with van der Waals surface area (Å²) in [6.07, 6.45) is -5.93. The van der Waals surface area contributed by atoms with Gasteiger partial charge in [0.25, 0.3) is 0 Å². The molecule has 7 heteroatoms. The van der Waals surface area contributed by atoms with Gasteiger partial charge in [-0.1, -0.05) is 25.7 Å². The molecule has 0 aromatic carbocycles. The number of hydrogen-bond donors (Lipinski definition) is 0. The van der Waals surface area contributed by atoms with E-state index in [2.05, 4.69) is 4.52 Å². The zero-order chi connectivity index (χ0) is 11.4. The van der Waals surface area contributed by atoms with Gasteiger partial charge in [0.2, 0.25) is 0 Å². The molecule has 0 saturated heterocycles. The van der Waals surface area contributed by atoms with Gasteiger partial charge in [-0.2, -0.15) is 8.78 Å². The Hall–Kier alpha value is 0.720. The predicted octanol–water partition coefficient (Wildman–Crippen LogP) is 3.12. The second-order valence-corrected chi connectivity index (χ2v) is 7.46. The van der Waals surface area contributed by atoms with Crippen LogP contribution in [0, 0.1) is 0 Å². The minimum Gasteiger partial charge on any atom is -0.274 e. The van der Waals surface area contributed by atoms with Gasteiger partial charge in [-0.25, -0.2) is 0 Å². The smallest absolute Gasteiger partial charge is 0.274 e. The summed E-state index contributed by atoms with van der Waals surface area (Å²) in [6.45, 7) is 6.45. The monoisotopic (exact) mass is 265 g/mol. The van der Waals surface area contributed by atoms with Crippen molar-refractivity contribution in [3.05, 3.63) is 0 Å². The van der Waals surface area contributed by atoms with Crippen LogP contribution in [0.4, 0.5) is 8.78 Å². The van der Waals surface area contributed by atoms with E-state index < -0.39 is 18.4 Å². The molecule has 0 aliphatic heterocycles. The van der Waals surface area contributed by atoms with Crippen molar-refractivity contribution in [2.45, 2.75) is 20.0 Å². The topological polar surface area (TPSA) is 12.5 Å². The first kappa shape index (κ1) is 14.7. The fourth-order valence-electron chi connectivity index (χ4n) is 1.07. The minimum atomic E-state index is -3.32. The van der Waals surface area contributed by atoms with Gasteiger partial charge in [0, 0.05) is 19.8 Å². The van der Waals surface area contributed by atoms with Crippen LogP contribution < -0.4 is 0 Å². The van der Waals surface area contributed by atoms with Gasteiger partial charge in [0.15, 0.2) is 0 Å². The van der Waals surface area contributed by atoms with Gasteiger partial charge >= 0.3 is 6.11 Å². The van der Waals surface area contributed by atoms with Crippen molar-refractivity contribution in [2.24, 2.45) is 0 Å². The van der Waals surface area contributed by atoms with Crippen LogP contribution in [0.25, 0.3) is 0 Å². The van der Waals surface area contributed by atoms with E-state index in [1.54, 1.807) is 4.67 Å². The molecule has 0 aromatic heterocycles. The summed E-state index contributed by atoms with van der Waals surface area (Å²) >= 11 is 10.1.